The Hall–Kier alpha value is -3.48. The van der Waals surface area contributed by atoms with Crippen molar-refractivity contribution in [3.05, 3.63) is 54.9 Å². The Morgan fingerprint density at radius 2 is 1.46 bits per heavy atom. The molecule has 0 unspecified atom stereocenters. The molecular formula is C21H24N4O3. The number of hydrogen-bond donors (Lipinski definition) is 2. The summed E-state index contributed by atoms with van der Waals surface area (Å²) in [6, 6.07) is 15.1. The first kappa shape index (κ1) is 19.3. The predicted octanol–water partition coefficient (Wildman–Crippen LogP) is 4.77. The van der Waals surface area contributed by atoms with E-state index in [1.54, 1.807) is 14.2 Å². The van der Waals surface area contributed by atoms with E-state index in [4.69, 9.17) is 14.2 Å². The topological polar surface area (TPSA) is 77.5 Å². The molecule has 7 nitrogen and oxygen atoms in total. The molecule has 0 amide bonds. The van der Waals surface area contributed by atoms with Gasteiger partial charge in [-0.3, -0.25) is 0 Å². The molecule has 0 saturated carbocycles. The zero-order valence-electron chi connectivity index (χ0n) is 16.4. The Morgan fingerprint density at radius 1 is 0.786 bits per heavy atom. The zero-order chi connectivity index (χ0) is 19.9. The van der Waals surface area contributed by atoms with E-state index < -0.39 is 0 Å². The van der Waals surface area contributed by atoms with Gasteiger partial charge in [0, 0.05) is 17.8 Å². The van der Waals surface area contributed by atoms with Crippen LogP contribution < -0.4 is 24.8 Å². The van der Waals surface area contributed by atoms with Crippen molar-refractivity contribution in [3.8, 4) is 17.2 Å². The van der Waals surface area contributed by atoms with Crippen molar-refractivity contribution < 1.29 is 14.2 Å². The average molecular weight is 380 g/mol. The maximum atomic E-state index is 5.66. The van der Waals surface area contributed by atoms with Gasteiger partial charge in [0.1, 0.15) is 35.2 Å². The number of anilines is 4. The number of benzene rings is 2. The lowest BCUT2D eigenvalue weighted by molar-refractivity contribution is 0.242. The fraction of sp³-hybridized carbons (Fsp3) is 0.238. The highest BCUT2D eigenvalue weighted by molar-refractivity contribution is 5.68. The Bertz CT molecular complexity index is 914. The van der Waals surface area contributed by atoms with E-state index in [1.807, 2.05) is 62.4 Å². The number of methoxy groups -OCH3 is 2. The fourth-order valence-corrected chi connectivity index (χ4v) is 2.58. The Kier molecular flexibility index (Phi) is 6.16. The number of ether oxygens (including phenoxy) is 3. The van der Waals surface area contributed by atoms with Gasteiger partial charge in [0.25, 0.3) is 0 Å². The summed E-state index contributed by atoms with van der Waals surface area (Å²) in [6.07, 6.45) is 1.64. The third-order valence-electron chi connectivity index (χ3n) is 3.83. The van der Waals surface area contributed by atoms with Crippen LogP contribution in [0.3, 0.4) is 0 Å². The van der Waals surface area contributed by atoms with Crippen LogP contribution in [-0.2, 0) is 0 Å². The minimum Gasteiger partial charge on any atom is -0.497 e. The van der Waals surface area contributed by atoms with Gasteiger partial charge in [0.15, 0.2) is 0 Å². The Labute approximate surface area is 164 Å². The molecule has 1 aromatic heterocycles. The molecule has 0 atom stereocenters. The highest BCUT2D eigenvalue weighted by atomic mass is 16.5. The van der Waals surface area contributed by atoms with Crippen molar-refractivity contribution >= 4 is 23.0 Å². The zero-order valence-corrected chi connectivity index (χ0v) is 16.4. The molecule has 0 radical (unpaired) electrons. The number of aromatic nitrogens is 2. The fourth-order valence-electron chi connectivity index (χ4n) is 2.58. The third-order valence-corrected chi connectivity index (χ3v) is 3.83. The SMILES string of the molecule is COc1ccc(OC)c(Nc2cc(Nc3ccc(OC(C)C)cc3)ncn2)c1. The van der Waals surface area contributed by atoms with Crippen LogP contribution in [0.2, 0.25) is 0 Å². The van der Waals surface area contributed by atoms with E-state index in [9.17, 15) is 0 Å². The molecule has 0 spiro atoms. The van der Waals surface area contributed by atoms with Crippen LogP contribution in [0.25, 0.3) is 0 Å². The second-order valence-corrected chi connectivity index (χ2v) is 6.30. The van der Waals surface area contributed by atoms with Gasteiger partial charge in [-0.1, -0.05) is 0 Å². The van der Waals surface area contributed by atoms with E-state index in [-0.39, 0.29) is 6.10 Å². The number of nitrogens with one attached hydrogen (secondary N) is 2. The minimum absolute atomic E-state index is 0.142. The smallest absolute Gasteiger partial charge is 0.142 e. The summed E-state index contributed by atoms with van der Waals surface area (Å²) in [5.74, 6) is 3.53. The molecule has 0 aliphatic rings. The molecule has 0 saturated heterocycles. The lowest BCUT2D eigenvalue weighted by Gasteiger charge is -2.13. The van der Waals surface area contributed by atoms with Crippen LogP contribution in [0, 0.1) is 0 Å². The van der Waals surface area contributed by atoms with Crippen LogP contribution in [0.5, 0.6) is 17.2 Å². The third kappa shape index (κ3) is 5.03. The molecule has 2 aromatic carbocycles. The molecule has 0 fully saturated rings. The predicted molar refractivity (Wildman–Crippen MR) is 110 cm³/mol. The number of nitrogens with zero attached hydrogens (tertiary/aromatic N) is 2. The van der Waals surface area contributed by atoms with Crippen LogP contribution in [-0.4, -0.2) is 30.3 Å². The number of hydrogen-bond acceptors (Lipinski definition) is 7. The Balaban J connectivity index is 1.74. The summed E-state index contributed by atoms with van der Waals surface area (Å²) in [5, 5.41) is 6.50. The second kappa shape index (κ2) is 8.94. The molecule has 28 heavy (non-hydrogen) atoms. The minimum atomic E-state index is 0.142. The first-order chi connectivity index (χ1) is 13.6. The summed E-state index contributed by atoms with van der Waals surface area (Å²) >= 11 is 0. The molecule has 1 heterocycles. The van der Waals surface area contributed by atoms with E-state index >= 15 is 0 Å². The van der Waals surface area contributed by atoms with Crippen LogP contribution >= 0.6 is 0 Å². The van der Waals surface area contributed by atoms with Gasteiger partial charge in [-0.05, 0) is 50.2 Å². The molecule has 3 rings (SSSR count). The second-order valence-electron chi connectivity index (χ2n) is 6.30. The number of rotatable bonds is 8. The van der Waals surface area contributed by atoms with Crippen molar-refractivity contribution in [2.45, 2.75) is 20.0 Å². The standard InChI is InChI=1S/C21H24N4O3/c1-14(2)28-16-7-5-15(6-8-16)24-20-12-21(23-13-22-20)25-18-11-17(26-3)9-10-19(18)27-4/h5-14H,1-4H3,(H2,22,23,24,25). The van der Waals surface area contributed by atoms with Gasteiger partial charge in [0.2, 0.25) is 0 Å². The van der Waals surface area contributed by atoms with Crippen LogP contribution in [0.1, 0.15) is 13.8 Å². The lowest BCUT2D eigenvalue weighted by Crippen LogP contribution is -2.05. The maximum Gasteiger partial charge on any atom is 0.142 e. The molecule has 146 valence electrons. The van der Waals surface area contributed by atoms with Gasteiger partial charge in [-0.25, -0.2) is 9.97 Å². The first-order valence-corrected chi connectivity index (χ1v) is 8.92. The van der Waals surface area contributed by atoms with Gasteiger partial charge in [-0.2, -0.15) is 0 Å². The largest absolute Gasteiger partial charge is 0.497 e. The molecule has 7 heteroatoms. The first-order valence-electron chi connectivity index (χ1n) is 8.92. The molecule has 0 aliphatic heterocycles. The molecule has 2 N–H and O–H groups in total. The van der Waals surface area contributed by atoms with Crippen molar-refractivity contribution in [2.75, 3.05) is 24.9 Å². The van der Waals surface area contributed by atoms with Crippen LogP contribution in [0.15, 0.2) is 54.9 Å². The Morgan fingerprint density at radius 3 is 2.11 bits per heavy atom. The van der Waals surface area contributed by atoms with Crippen molar-refractivity contribution in [2.24, 2.45) is 0 Å². The van der Waals surface area contributed by atoms with Crippen LogP contribution in [0.4, 0.5) is 23.0 Å². The quantitative estimate of drug-likeness (QED) is 0.583. The summed E-state index contributed by atoms with van der Waals surface area (Å²) in [6.45, 7) is 4.00. The summed E-state index contributed by atoms with van der Waals surface area (Å²) in [5.41, 5.74) is 1.65. The van der Waals surface area contributed by atoms with E-state index in [2.05, 4.69) is 20.6 Å². The van der Waals surface area contributed by atoms with Crippen molar-refractivity contribution in [1.29, 1.82) is 0 Å². The van der Waals surface area contributed by atoms with Gasteiger partial charge >= 0.3 is 0 Å². The summed E-state index contributed by atoms with van der Waals surface area (Å²) in [7, 11) is 3.24. The normalized spacial score (nSPS) is 10.5. The van der Waals surface area contributed by atoms with E-state index in [1.165, 1.54) is 6.33 Å². The highest BCUT2D eigenvalue weighted by Gasteiger charge is 2.07. The van der Waals surface area contributed by atoms with E-state index in [0.29, 0.717) is 17.4 Å². The molecular weight excluding hydrogens is 356 g/mol. The van der Waals surface area contributed by atoms with Gasteiger partial charge in [0.05, 0.1) is 26.0 Å². The molecule has 0 bridgehead atoms. The monoisotopic (exact) mass is 380 g/mol. The van der Waals surface area contributed by atoms with Gasteiger partial charge in [-0.15, -0.1) is 0 Å². The molecule has 0 aliphatic carbocycles. The molecule has 3 aromatic rings. The highest BCUT2D eigenvalue weighted by Crippen LogP contribution is 2.31. The van der Waals surface area contributed by atoms with Gasteiger partial charge < -0.3 is 24.8 Å². The summed E-state index contributed by atoms with van der Waals surface area (Å²) in [4.78, 5) is 8.55. The maximum absolute atomic E-state index is 5.66. The van der Waals surface area contributed by atoms with Crippen molar-refractivity contribution in [1.82, 2.24) is 9.97 Å². The van der Waals surface area contributed by atoms with E-state index in [0.717, 1.165) is 22.9 Å². The average Bonchev–Trinajstić information content (AvgIpc) is 2.69. The summed E-state index contributed by atoms with van der Waals surface area (Å²) < 4.78 is 16.3. The van der Waals surface area contributed by atoms with Crippen molar-refractivity contribution in [3.63, 3.8) is 0 Å². The lowest BCUT2D eigenvalue weighted by atomic mass is 10.2.